The van der Waals surface area contributed by atoms with E-state index in [4.69, 9.17) is 0 Å². The Hall–Kier alpha value is -3.08. The molecule has 39 heavy (non-hydrogen) atoms. The van der Waals surface area contributed by atoms with Gasteiger partial charge in [0.15, 0.2) is 11.6 Å². The molecule has 3 aromatic carbocycles. The molecule has 1 aliphatic rings. The minimum absolute atomic E-state index is 0.113. The van der Waals surface area contributed by atoms with Gasteiger partial charge in [-0.25, -0.2) is 0 Å². The van der Waals surface area contributed by atoms with E-state index in [1.807, 2.05) is 48.5 Å². The molecule has 0 saturated carbocycles. The van der Waals surface area contributed by atoms with Crippen molar-refractivity contribution in [3.05, 3.63) is 106 Å². The molecule has 0 bridgehead atoms. The number of aliphatic hydroxyl groups is 2. The maximum Gasteiger partial charge on any atom is 0.193 e. The summed E-state index contributed by atoms with van der Waals surface area (Å²) in [5.74, 6) is -0.567. The maximum absolute atomic E-state index is 12.6. The zero-order valence-corrected chi connectivity index (χ0v) is 24.6. The fraction of sp³-hybridized carbons (Fsp3) is 0.429. The van der Waals surface area contributed by atoms with Crippen LogP contribution in [0.3, 0.4) is 0 Å². The van der Waals surface area contributed by atoms with Gasteiger partial charge in [0.1, 0.15) is 11.2 Å². The zero-order valence-electron chi connectivity index (χ0n) is 24.6. The van der Waals surface area contributed by atoms with Gasteiger partial charge in [0.05, 0.1) is 0 Å². The van der Waals surface area contributed by atoms with E-state index < -0.39 is 11.2 Å². The molecule has 3 aromatic rings. The van der Waals surface area contributed by atoms with E-state index >= 15 is 0 Å². The molecule has 4 nitrogen and oxygen atoms in total. The smallest absolute Gasteiger partial charge is 0.193 e. The molecule has 0 amide bonds. The second kappa shape index (κ2) is 9.53. The number of carbonyl (C=O) groups is 2. The molecular formula is C35H42O4. The van der Waals surface area contributed by atoms with Crippen LogP contribution in [-0.2, 0) is 16.2 Å². The molecule has 4 rings (SSSR count). The van der Waals surface area contributed by atoms with Crippen LogP contribution in [0.15, 0.2) is 72.8 Å². The summed E-state index contributed by atoms with van der Waals surface area (Å²) in [6.07, 6.45) is 1.82. The lowest BCUT2D eigenvalue weighted by Crippen LogP contribution is -2.33. The lowest BCUT2D eigenvalue weighted by atomic mass is 9.66. The Morgan fingerprint density at radius 1 is 0.692 bits per heavy atom. The number of rotatable bonds is 8. The number of fused-ring (bicyclic) bond motifs is 1. The van der Waals surface area contributed by atoms with Crippen LogP contribution in [-0.4, -0.2) is 33.0 Å². The van der Waals surface area contributed by atoms with E-state index in [2.05, 4.69) is 52.0 Å². The van der Waals surface area contributed by atoms with Gasteiger partial charge in [-0.1, -0.05) is 100 Å². The fourth-order valence-electron chi connectivity index (χ4n) is 6.72. The van der Waals surface area contributed by atoms with E-state index in [-0.39, 0.29) is 27.8 Å². The molecule has 206 valence electrons. The minimum atomic E-state index is -1.41. The number of hydrogen-bond acceptors (Lipinski definition) is 4. The molecule has 0 heterocycles. The van der Waals surface area contributed by atoms with Crippen LogP contribution in [0.2, 0.25) is 0 Å². The van der Waals surface area contributed by atoms with Crippen molar-refractivity contribution in [2.24, 2.45) is 0 Å². The first kappa shape index (κ1) is 28.9. The van der Waals surface area contributed by atoms with E-state index in [0.29, 0.717) is 11.1 Å². The first-order chi connectivity index (χ1) is 17.9. The molecule has 0 fully saturated rings. The average molecular weight is 527 g/mol. The third-order valence-corrected chi connectivity index (χ3v) is 8.57. The van der Waals surface area contributed by atoms with Crippen molar-refractivity contribution >= 4 is 11.6 Å². The highest BCUT2D eigenvalue weighted by molar-refractivity contribution is 6.02. The van der Waals surface area contributed by atoms with Crippen LogP contribution in [0.25, 0.3) is 0 Å². The Bertz CT molecular complexity index is 1380. The van der Waals surface area contributed by atoms with Gasteiger partial charge in [0.25, 0.3) is 0 Å². The standard InChI is InChI=1S/C35H42O4/c1-31(2,25-17-13-23(14-18-25)29(36)32(3,4)38)21-34(7)22-35(8,28-12-10-9-11-27(28)34)26-19-15-24(16-20-26)30(37)33(5,6)39/h9-20,38-39H,21-22H2,1-8H3. The van der Waals surface area contributed by atoms with Crippen LogP contribution in [0, 0.1) is 0 Å². The van der Waals surface area contributed by atoms with Gasteiger partial charge in [-0.2, -0.15) is 0 Å². The summed E-state index contributed by atoms with van der Waals surface area (Å²) >= 11 is 0. The Kier molecular flexibility index (Phi) is 7.07. The van der Waals surface area contributed by atoms with Gasteiger partial charge >= 0.3 is 0 Å². The average Bonchev–Trinajstić information content (AvgIpc) is 3.09. The number of Topliss-reactive ketones (excluding diaryl/α,β-unsaturated/α-hetero) is 2. The predicted octanol–water partition coefficient (Wildman–Crippen LogP) is 6.93. The molecular weight excluding hydrogens is 484 g/mol. The van der Waals surface area contributed by atoms with Crippen LogP contribution in [0.1, 0.15) is 111 Å². The van der Waals surface area contributed by atoms with Crippen molar-refractivity contribution in [1.29, 1.82) is 0 Å². The van der Waals surface area contributed by atoms with Crippen molar-refractivity contribution < 1.29 is 19.8 Å². The Morgan fingerprint density at radius 2 is 1.13 bits per heavy atom. The van der Waals surface area contributed by atoms with Crippen molar-refractivity contribution in [2.75, 3.05) is 0 Å². The van der Waals surface area contributed by atoms with Gasteiger partial charge < -0.3 is 10.2 Å². The lowest BCUT2D eigenvalue weighted by Gasteiger charge is -2.38. The number of carbonyl (C=O) groups excluding carboxylic acids is 2. The van der Waals surface area contributed by atoms with Crippen molar-refractivity contribution in [2.45, 2.75) is 95.7 Å². The summed E-state index contributed by atoms with van der Waals surface area (Å²) in [5.41, 5.74) is 2.63. The third-order valence-electron chi connectivity index (χ3n) is 8.57. The van der Waals surface area contributed by atoms with Crippen molar-refractivity contribution in [3.8, 4) is 0 Å². The van der Waals surface area contributed by atoms with E-state index in [0.717, 1.165) is 24.0 Å². The number of hydrogen-bond donors (Lipinski definition) is 2. The summed E-state index contributed by atoms with van der Waals surface area (Å²) in [6, 6.07) is 24.1. The molecule has 0 aromatic heterocycles. The maximum atomic E-state index is 12.6. The second-order valence-electron chi connectivity index (χ2n) is 13.6. The molecule has 0 spiro atoms. The SMILES string of the molecule is CC(C)(O)C(=O)c1ccc(C(C)(C)CC2(C)CC(C)(c3ccc(C(=O)C(C)(C)O)cc3)c3ccccc32)cc1. The highest BCUT2D eigenvalue weighted by atomic mass is 16.3. The topological polar surface area (TPSA) is 74.6 Å². The van der Waals surface area contributed by atoms with Gasteiger partial charge in [-0.3, -0.25) is 9.59 Å². The summed E-state index contributed by atoms with van der Waals surface area (Å²) in [6.45, 7) is 15.2. The molecule has 2 atom stereocenters. The fourth-order valence-corrected chi connectivity index (χ4v) is 6.72. The summed E-state index contributed by atoms with van der Waals surface area (Å²) in [7, 11) is 0. The molecule has 0 saturated heterocycles. The largest absolute Gasteiger partial charge is 0.382 e. The van der Waals surface area contributed by atoms with Gasteiger partial charge in [0, 0.05) is 16.5 Å². The Labute approximate surface area is 233 Å². The highest BCUT2D eigenvalue weighted by Gasteiger charge is 2.50. The highest BCUT2D eigenvalue weighted by Crippen LogP contribution is 2.56. The minimum Gasteiger partial charge on any atom is -0.382 e. The van der Waals surface area contributed by atoms with E-state index in [1.165, 1.54) is 38.8 Å². The van der Waals surface area contributed by atoms with Crippen LogP contribution >= 0.6 is 0 Å². The monoisotopic (exact) mass is 526 g/mol. The van der Waals surface area contributed by atoms with Crippen molar-refractivity contribution in [3.63, 3.8) is 0 Å². The van der Waals surface area contributed by atoms with Gasteiger partial charge in [-0.15, -0.1) is 0 Å². The van der Waals surface area contributed by atoms with E-state index in [9.17, 15) is 19.8 Å². The summed E-state index contributed by atoms with van der Waals surface area (Å²) in [4.78, 5) is 25.1. The Balaban J connectivity index is 1.66. The normalized spacial score (nSPS) is 21.5. The summed E-state index contributed by atoms with van der Waals surface area (Å²) < 4.78 is 0. The van der Waals surface area contributed by atoms with Gasteiger partial charge in [0.2, 0.25) is 0 Å². The van der Waals surface area contributed by atoms with Crippen LogP contribution in [0.5, 0.6) is 0 Å². The van der Waals surface area contributed by atoms with E-state index in [1.54, 1.807) is 0 Å². The Morgan fingerprint density at radius 3 is 1.59 bits per heavy atom. The zero-order chi connectivity index (χ0) is 29.0. The molecule has 2 unspecified atom stereocenters. The van der Waals surface area contributed by atoms with Crippen LogP contribution in [0.4, 0.5) is 0 Å². The quantitative estimate of drug-likeness (QED) is 0.312. The first-order valence-electron chi connectivity index (χ1n) is 13.7. The number of ketones is 2. The summed E-state index contributed by atoms with van der Waals surface area (Å²) in [5, 5.41) is 20.3. The van der Waals surface area contributed by atoms with Crippen molar-refractivity contribution in [1.82, 2.24) is 0 Å². The predicted molar refractivity (Wildman–Crippen MR) is 157 cm³/mol. The first-order valence-corrected chi connectivity index (χ1v) is 13.7. The molecule has 1 aliphatic carbocycles. The number of benzene rings is 3. The lowest BCUT2D eigenvalue weighted by molar-refractivity contribution is 0.0487. The van der Waals surface area contributed by atoms with Crippen LogP contribution < -0.4 is 0 Å². The third kappa shape index (κ3) is 5.37. The molecule has 0 radical (unpaired) electrons. The van der Waals surface area contributed by atoms with Gasteiger partial charge in [-0.05, 0) is 73.6 Å². The molecule has 2 N–H and O–H groups in total. The molecule has 0 aliphatic heterocycles. The second-order valence-corrected chi connectivity index (χ2v) is 13.6. The molecule has 4 heteroatoms.